The van der Waals surface area contributed by atoms with Crippen LogP contribution < -0.4 is 4.72 Å². The molecule has 0 spiro atoms. The molecule has 0 aliphatic rings. The number of fused-ring (bicyclic) bond motifs is 1. The third kappa shape index (κ3) is 7.53. The molecule has 9 heteroatoms. The van der Waals surface area contributed by atoms with E-state index in [-0.39, 0.29) is 22.8 Å². The Morgan fingerprint density at radius 2 is 1.72 bits per heavy atom. The Kier molecular flexibility index (Phi) is 7.83. The number of nitrogens with one attached hydrogen (secondary N) is 1. The number of nitrogens with zero attached hydrogens (tertiary/aromatic N) is 2. The average molecular weight is 518 g/mol. The van der Waals surface area contributed by atoms with Gasteiger partial charge in [0.1, 0.15) is 23.8 Å². The quantitative estimate of drug-likeness (QED) is 0.374. The summed E-state index contributed by atoms with van der Waals surface area (Å²) in [5, 5.41) is 0. The van der Waals surface area contributed by atoms with Crippen molar-refractivity contribution in [3.63, 3.8) is 0 Å². The molecule has 0 saturated heterocycles. The Balaban J connectivity index is 1.96. The van der Waals surface area contributed by atoms with Gasteiger partial charge in [0.25, 0.3) is 10.0 Å². The van der Waals surface area contributed by atoms with E-state index in [0.29, 0.717) is 29.1 Å². The van der Waals surface area contributed by atoms with Gasteiger partial charge in [-0.25, -0.2) is 17.8 Å². The Hall–Kier alpha value is -2.94. The second-order valence-corrected chi connectivity index (χ2v) is 13.2. The predicted molar refractivity (Wildman–Crippen MR) is 140 cm³/mol. The number of carbonyl (C=O) groups is 1. The average Bonchev–Trinajstić information content (AvgIpc) is 3.01. The van der Waals surface area contributed by atoms with Crippen LogP contribution in [0.2, 0.25) is 0 Å². The fourth-order valence-corrected chi connectivity index (χ4v) is 5.38. The van der Waals surface area contributed by atoms with Gasteiger partial charge in [0.05, 0.1) is 21.6 Å². The van der Waals surface area contributed by atoms with Crippen molar-refractivity contribution in [3.05, 3.63) is 54.1 Å². The molecular weight excluding hydrogens is 481 g/mol. The van der Waals surface area contributed by atoms with Gasteiger partial charge in [0.2, 0.25) is 0 Å². The van der Waals surface area contributed by atoms with E-state index in [1.165, 1.54) is 12.1 Å². The van der Waals surface area contributed by atoms with Crippen molar-refractivity contribution in [2.75, 3.05) is 4.72 Å². The van der Waals surface area contributed by atoms with Crippen molar-refractivity contribution in [2.24, 2.45) is 11.3 Å². The number of esters is 1. The highest BCUT2D eigenvalue weighted by molar-refractivity contribution is 7.92. The van der Waals surface area contributed by atoms with Crippen LogP contribution in [0, 0.1) is 17.2 Å². The van der Waals surface area contributed by atoms with Crippen molar-refractivity contribution in [1.82, 2.24) is 9.55 Å². The van der Waals surface area contributed by atoms with E-state index in [1.54, 1.807) is 18.2 Å². The van der Waals surface area contributed by atoms with Crippen molar-refractivity contribution in [3.8, 4) is 0 Å². The van der Waals surface area contributed by atoms with Crippen LogP contribution in [0.25, 0.3) is 11.0 Å². The smallest absolute Gasteiger partial charge is 0.326 e. The molecule has 0 amide bonds. The summed E-state index contributed by atoms with van der Waals surface area (Å²) in [6, 6.07) is 9.62. The molecule has 3 aromatic rings. The molecule has 1 aromatic heterocycles. The number of halogens is 1. The molecule has 0 saturated carbocycles. The highest BCUT2D eigenvalue weighted by atomic mass is 32.2. The minimum atomic E-state index is -3.91. The standard InChI is InChI=1S/C27H36FN3O4S/c1-18(16-26(2,3)4)14-24-29-22-15-20(30-36(33,34)21-11-8-19(28)9-12-21)10-13-23(22)31(24)17-25(32)35-27(5,6)7/h8-13,15,18,30H,14,16-17H2,1-7H3. The third-order valence-electron chi connectivity index (χ3n) is 5.40. The molecule has 2 aromatic carbocycles. The lowest BCUT2D eigenvalue weighted by molar-refractivity contribution is -0.155. The number of imidazole rings is 1. The molecule has 0 radical (unpaired) electrons. The Morgan fingerprint density at radius 3 is 2.31 bits per heavy atom. The summed E-state index contributed by atoms with van der Waals surface area (Å²) in [6.45, 7) is 14.2. The van der Waals surface area contributed by atoms with E-state index in [1.807, 2.05) is 25.3 Å². The van der Waals surface area contributed by atoms with Crippen molar-refractivity contribution in [1.29, 1.82) is 0 Å². The van der Waals surface area contributed by atoms with Gasteiger partial charge in [-0.2, -0.15) is 0 Å². The number of hydrogen-bond donors (Lipinski definition) is 1. The number of carbonyl (C=O) groups excluding carboxylic acids is 1. The molecule has 3 rings (SSSR count). The van der Waals surface area contributed by atoms with E-state index in [2.05, 4.69) is 32.4 Å². The molecule has 1 atom stereocenters. The lowest BCUT2D eigenvalue weighted by Crippen LogP contribution is -2.27. The number of hydrogen-bond acceptors (Lipinski definition) is 5. The number of anilines is 1. The number of rotatable bonds is 8. The summed E-state index contributed by atoms with van der Waals surface area (Å²) in [4.78, 5) is 17.4. The maximum absolute atomic E-state index is 13.2. The Labute approximate surface area is 213 Å². The molecule has 1 unspecified atom stereocenters. The first-order valence-corrected chi connectivity index (χ1v) is 13.5. The first kappa shape index (κ1) is 27.6. The molecule has 7 nitrogen and oxygen atoms in total. The van der Waals surface area contributed by atoms with Gasteiger partial charge in [-0.15, -0.1) is 0 Å². The zero-order chi connectivity index (χ0) is 26.9. The zero-order valence-corrected chi connectivity index (χ0v) is 22.9. The summed E-state index contributed by atoms with van der Waals surface area (Å²) in [7, 11) is -3.91. The maximum Gasteiger partial charge on any atom is 0.326 e. The first-order chi connectivity index (χ1) is 16.5. The maximum atomic E-state index is 13.2. The summed E-state index contributed by atoms with van der Waals surface area (Å²) >= 11 is 0. The topological polar surface area (TPSA) is 90.3 Å². The Bertz CT molecular complexity index is 1330. The molecule has 0 aliphatic carbocycles. The van der Waals surface area contributed by atoms with Gasteiger partial charge in [0.15, 0.2) is 0 Å². The molecule has 1 heterocycles. The second-order valence-electron chi connectivity index (χ2n) is 11.5. The lowest BCUT2D eigenvalue weighted by Gasteiger charge is -2.23. The summed E-state index contributed by atoms with van der Waals surface area (Å²) in [5.41, 5.74) is 1.13. The van der Waals surface area contributed by atoms with Crippen LogP contribution in [-0.4, -0.2) is 29.5 Å². The minimum Gasteiger partial charge on any atom is -0.459 e. The fourth-order valence-electron chi connectivity index (χ4n) is 4.34. The van der Waals surface area contributed by atoms with Crippen LogP contribution in [0.5, 0.6) is 0 Å². The molecule has 0 bridgehead atoms. The first-order valence-electron chi connectivity index (χ1n) is 12.0. The largest absolute Gasteiger partial charge is 0.459 e. The fraction of sp³-hybridized carbons (Fsp3) is 0.481. The molecule has 1 N–H and O–H groups in total. The zero-order valence-electron chi connectivity index (χ0n) is 22.1. The molecule has 196 valence electrons. The lowest BCUT2D eigenvalue weighted by atomic mass is 9.84. The van der Waals surface area contributed by atoms with E-state index < -0.39 is 21.4 Å². The minimum absolute atomic E-state index is 0.00595. The van der Waals surface area contributed by atoms with Gasteiger partial charge >= 0.3 is 5.97 Å². The summed E-state index contributed by atoms with van der Waals surface area (Å²) in [6.07, 6.45) is 1.64. The second kappa shape index (κ2) is 10.2. The number of aromatic nitrogens is 2. The molecule has 0 aliphatic heterocycles. The highest BCUT2D eigenvalue weighted by Gasteiger charge is 2.23. The SMILES string of the molecule is CC(Cc1nc2cc(NS(=O)(=O)c3ccc(F)cc3)ccc2n1CC(=O)OC(C)(C)C)CC(C)(C)C. The molecular formula is C27H36FN3O4S. The predicted octanol–water partition coefficient (Wildman–Crippen LogP) is 5.93. The van der Waals surface area contributed by atoms with E-state index in [0.717, 1.165) is 24.4 Å². The van der Waals surface area contributed by atoms with Gasteiger partial charge in [-0.05, 0) is 81.0 Å². The highest BCUT2D eigenvalue weighted by Crippen LogP contribution is 2.29. The van der Waals surface area contributed by atoms with Crippen LogP contribution in [0.3, 0.4) is 0 Å². The van der Waals surface area contributed by atoms with Crippen LogP contribution in [0.15, 0.2) is 47.4 Å². The van der Waals surface area contributed by atoms with E-state index >= 15 is 0 Å². The number of ether oxygens (including phenoxy) is 1. The van der Waals surface area contributed by atoms with Crippen LogP contribution >= 0.6 is 0 Å². The number of benzene rings is 2. The van der Waals surface area contributed by atoms with Crippen molar-refractivity contribution >= 4 is 32.7 Å². The normalized spacial score (nSPS) is 13.6. The van der Waals surface area contributed by atoms with Crippen molar-refractivity contribution in [2.45, 2.75) is 78.3 Å². The van der Waals surface area contributed by atoms with Crippen LogP contribution in [0.4, 0.5) is 10.1 Å². The third-order valence-corrected chi connectivity index (χ3v) is 6.80. The van der Waals surface area contributed by atoms with Gasteiger partial charge in [-0.3, -0.25) is 9.52 Å². The van der Waals surface area contributed by atoms with Gasteiger partial charge in [0, 0.05) is 6.42 Å². The summed E-state index contributed by atoms with van der Waals surface area (Å²) < 4.78 is 48.7. The van der Waals surface area contributed by atoms with Crippen LogP contribution in [-0.2, 0) is 32.5 Å². The van der Waals surface area contributed by atoms with Gasteiger partial charge < -0.3 is 9.30 Å². The molecule has 36 heavy (non-hydrogen) atoms. The van der Waals surface area contributed by atoms with Crippen LogP contribution in [0.1, 0.15) is 60.7 Å². The number of sulfonamides is 1. The van der Waals surface area contributed by atoms with Gasteiger partial charge in [-0.1, -0.05) is 27.7 Å². The van der Waals surface area contributed by atoms with E-state index in [9.17, 15) is 17.6 Å². The monoisotopic (exact) mass is 517 g/mol. The Morgan fingerprint density at radius 1 is 1.08 bits per heavy atom. The molecule has 0 fully saturated rings. The summed E-state index contributed by atoms with van der Waals surface area (Å²) in [5.74, 6) is 0.175. The van der Waals surface area contributed by atoms with E-state index in [4.69, 9.17) is 9.72 Å². The van der Waals surface area contributed by atoms with Crippen molar-refractivity contribution < 1.29 is 22.3 Å².